The highest BCUT2D eigenvalue weighted by Gasteiger charge is 2.14. The van der Waals surface area contributed by atoms with Gasteiger partial charge < -0.3 is 14.8 Å². The molecule has 30 heavy (non-hydrogen) atoms. The summed E-state index contributed by atoms with van der Waals surface area (Å²) in [5.74, 6) is 1.34. The second kappa shape index (κ2) is 8.42. The number of anilines is 1. The van der Waals surface area contributed by atoms with Crippen LogP contribution in [0, 0.1) is 6.92 Å². The number of aryl methyl sites for hydroxylation is 1. The molecule has 152 valence electrons. The lowest BCUT2D eigenvalue weighted by molar-refractivity contribution is 0.102. The van der Waals surface area contributed by atoms with Crippen molar-refractivity contribution in [3.05, 3.63) is 66.1 Å². The van der Waals surface area contributed by atoms with E-state index < -0.39 is 0 Å². The number of hydrogen-bond donors (Lipinski definition) is 1. The van der Waals surface area contributed by atoms with Crippen molar-refractivity contribution in [2.24, 2.45) is 0 Å². The number of benzene rings is 2. The van der Waals surface area contributed by atoms with E-state index in [0.29, 0.717) is 28.5 Å². The number of para-hydroxylation sites is 1. The molecule has 0 saturated heterocycles. The van der Waals surface area contributed by atoms with E-state index in [1.165, 1.54) is 25.2 Å². The standard InChI is InChI=1S/C21H19N5O3S/c1-13-10-19(26-21(24-13)22-12-23-26)30-18-7-5-4-6-15(18)25-20(27)14-8-9-16(28-2)17(11-14)29-3/h4-12H,1-3H3,(H,25,27). The van der Waals surface area contributed by atoms with Crippen molar-refractivity contribution < 1.29 is 14.3 Å². The molecule has 2 aromatic carbocycles. The van der Waals surface area contributed by atoms with Crippen LogP contribution >= 0.6 is 11.8 Å². The van der Waals surface area contributed by atoms with E-state index in [0.717, 1.165) is 15.6 Å². The Morgan fingerprint density at radius 2 is 1.87 bits per heavy atom. The third kappa shape index (κ3) is 3.92. The van der Waals surface area contributed by atoms with E-state index >= 15 is 0 Å². The first-order valence-corrected chi connectivity index (χ1v) is 9.88. The van der Waals surface area contributed by atoms with Gasteiger partial charge in [-0.3, -0.25) is 4.79 Å². The van der Waals surface area contributed by atoms with Crippen molar-refractivity contribution in [3.8, 4) is 11.5 Å². The molecule has 0 atom stereocenters. The molecule has 0 saturated carbocycles. The fourth-order valence-electron chi connectivity index (χ4n) is 2.91. The van der Waals surface area contributed by atoms with Gasteiger partial charge in [-0.15, -0.1) is 0 Å². The first-order chi connectivity index (χ1) is 14.6. The van der Waals surface area contributed by atoms with Gasteiger partial charge in [-0.2, -0.15) is 14.6 Å². The molecule has 1 N–H and O–H groups in total. The van der Waals surface area contributed by atoms with Crippen LogP contribution in [0.15, 0.2) is 64.8 Å². The first-order valence-electron chi connectivity index (χ1n) is 9.06. The fraction of sp³-hybridized carbons (Fsp3) is 0.143. The third-order valence-corrected chi connectivity index (χ3v) is 5.42. The molecular weight excluding hydrogens is 402 g/mol. The molecule has 0 aliphatic heterocycles. The van der Waals surface area contributed by atoms with Crippen LogP contribution in [0.1, 0.15) is 16.1 Å². The number of nitrogens with zero attached hydrogens (tertiary/aromatic N) is 4. The van der Waals surface area contributed by atoms with E-state index in [2.05, 4.69) is 20.4 Å². The Morgan fingerprint density at radius 3 is 2.67 bits per heavy atom. The maximum Gasteiger partial charge on any atom is 0.255 e. The van der Waals surface area contributed by atoms with Crippen molar-refractivity contribution in [2.75, 3.05) is 19.5 Å². The Balaban J connectivity index is 1.62. The van der Waals surface area contributed by atoms with Crippen molar-refractivity contribution in [1.82, 2.24) is 19.6 Å². The van der Waals surface area contributed by atoms with E-state index in [4.69, 9.17) is 9.47 Å². The highest BCUT2D eigenvalue weighted by atomic mass is 32.2. The van der Waals surface area contributed by atoms with Gasteiger partial charge in [0.2, 0.25) is 0 Å². The average Bonchev–Trinajstić information content (AvgIpc) is 3.23. The number of rotatable bonds is 6. The Morgan fingerprint density at radius 1 is 1.07 bits per heavy atom. The van der Waals surface area contributed by atoms with Gasteiger partial charge in [0.1, 0.15) is 11.4 Å². The van der Waals surface area contributed by atoms with Gasteiger partial charge in [-0.1, -0.05) is 23.9 Å². The minimum atomic E-state index is -0.249. The molecular formula is C21H19N5O3S. The molecule has 8 nitrogen and oxygen atoms in total. The van der Waals surface area contributed by atoms with Crippen LogP contribution in [0.5, 0.6) is 11.5 Å². The SMILES string of the molecule is COc1ccc(C(=O)Nc2ccccc2Sc2cc(C)nc3ncnn23)cc1OC. The number of aromatic nitrogens is 4. The Bertz CT molecular complexity index is 1220. The van der Waals surface area contributed by atoms with E-state index in [9.17, 15) is 4.79 Å². The zero-order valence-corrected chi connectivity index (χ0v) is 17.4. The van der Waals surface area contributed by atoms with E-state index in [1.54, 1.807) is 29.8 Å². The second-order valence-corrected chi connectivity index (χ2v) is 7.39. The maximum atomic E-state index is 12.9. The number of fused-ring (bicyclic) bond motifs is 1. The summed E-state index contributed by atoms with van der Waals surface area (Å²) >= 11 is 1.47. The molecule has 0 spiro atoms. The summed E-state index contributed by atoms with van der Waals surface area (Å²) in [7, 11) is 3.09. The Labute approximate surface area is 177 Å². The van der Waals surface area contributed by atoms with Gasteiger partial charge in [-0.25, -0.2) is 4.98 Å². The van der Waals surface area contributed by atoms with E-state index in [-0.39, 0.29) is 5.91 Å². The van der Waals surface area contributed by atoms with Gasteiger partial charge in [0.05, 0.1) is 19.9 Å². The fourth-order valence-corrected chi connectivity index (χ4v) is 3.96. The summed E-state index contributed by atoms with van der Waals surface area (Å²) < 4.78 is 12.2. The largest absolute Gasteiger partial charge is 0.493 e. The number of ether oxygens (including phenoxy) is 2. The normalized spacial score (nSPS) is 10.8. The van der Waals surface area contributed by atoms with Crippen LogP contribution in [0.4, 0.5) is 5.69 Å². The molecule has 0 aliphatic rings. The van der Waals surface area contributed by atoms with Gasteiger partial charge in [0.15, 0.2) is 11.5 Å². The second-order valence-electron chi connectivity index (χ2n) is 6.33. The molecule has 2 aromatic heterocycles. The zero-order valence-electron chi connectivity index (χ0n) is 16.6. The molecule has 4 rings (SSSR count). The van der Waals surface area contributed by atoms with Crippen molar-refractivity contribution >= 4 is 29.1 Å². The summed E-state index contributed by atoms with van der Waals surface area (Å²) in [6.45, 7) is 1.91. The van der Waals surface area contributed by atoms with Crippen LogP contribution in [-0.2, 0) is 0 Å². The predicted molar refractivity (Wildman–Crippen MR) is 114 cm³/mol. The quantitative estimate of drug-likeness (QED) is 0.473. The molecule has 9 heteroatoms. The molecule has 4 aromatic rings. The average molecular weight is 421 g/mol. The molecule has 1 amide bonds. The van der Waals surface area contributed by atoms with Crippen molar-refractivity contribution in [2.45, 2.75) is 16.8 Å². The van der Waals surface area contributed by atoms with Crippen LogP contribution in [-0.4, -0.2) is 39.7 Å². The Hall–Kier alpha value is -3.59. The summed E-state index contributed by atoms with van der Waals surface area (Å²) in [5, 5.41) is 8.06. The van der Waals surface area contributed by atoms with E-state index in [1.807, 2.05) is 37.3 Å². The van der Waals surface area contributed by atoms with Gasteiger partial charge in [0, 0.05) is 16.2 Å². The van der Waals surface area contributed by atoms with Crippen molar-refractivity contribution in [3.63, 3.8) is 0 Å². The minimum Gasteiger partial charge on any atom is -0.493 e. The minimum absolute atomic E-state index is 0.249. The zero-order chi connectivity index (χ0) is 21.1. The van der Waals surface area contributed by atoms with Crippen LogP contribution in [0.2, 0.25) is 0 Å². The number of carbonyl (C=O) groups is 1. The third-order valence-electron chi connectivity index (χ3n) is 4.34. The van der Waals surface area contributed by atoms with Crippen LogP contribution in [0.3, 0.4) is 0 Å². The molecule has 0 radical (unpaired) electrons. The topological polar surface area (TPSA) is 90.6 Å². The number of amides is 1. The smallest absolute Gasteiger partial charge is 0.255 e. The van der Waals surface area contributed by atoms with Gasteiger partial charge >= 0.3 is 0 Å². The molecule has 0 unspecified atom stereocenters. The Kier molecular flexibility index (Phi) is 5.53. The molecule has 0 bridgehead atoms. The highest BCUT2D eigenvalue weighted by molar-refractivity contribution is 7.99. The lowest BCUT2D eigenvalue weighted by Gasteiger charge is -2.13. The number of carbonyl (C=O) groups excluding carboxylic acids is 1. The van der Waals surface area contributed by atoms with Crippen LogP contribution in [0.25, 0.3) is 5.78 Å². The monoisotopic (exact) mass is 421 g/mol. The number of hydrogen-bond acceptors (Lipinski definition) is 7. The summed E-state index contributed by atoms with van der Waals surface area (Å²) in [4.78, 5) is 22.2. The van der Waals surface area contributed by atoms with Gasteiger partial charge in [-0.05, 0) is 43.3 Å². The summed E-state index contributed by atoms with van der Waals surface area (Å²) in [5.41, 5.74) is 1.99. The first kappa shape index (κ1) is 19.7. The van der Waals surface area contributed by atoms with Crippen molar-refractivity contribution in [1.29, 1.82) is 0 Å². The molecule has 2 heterocycles. The summed E-state index contributed by atoms with van der Waals surface area (Å²) in [6, 6.07) is 14.6. The lowest BCUT2D eigenvalue weighted by atomic mass is 10.2. The summed E-state index contributed by atoms with van der Waals surface area (Å²) in [6.07, 6.45) is 1.47. The maximum absolute atomic E-state index is 12.9. The number of nitrogens with one attached hydrogen (secondary N) is 1. The number of methoxy groups -OCH3 is 2. The molecule has 0 fully saturated rings. The van der Waals surface area contributed by atoms with Gasteiger partial charge in [0.25, 0.3) is 11.7 Å². The lowest BCUT2D eigenvalue weighted by Crippen LogP contribution is -2.12. The highest BCUT2D eigenvalue weighted by Crippen LogP contribution is 2.34. The predicted octanol–water partition coefficient (Wildman–Crippen LogP) is 3.85. The molecule has 0 aliphatic carbocycles. The van der Waals surface area contributed by atoms with Crippen LogP contribution < -0.4 is 14.8 Å².